The summed E-state index contributed by atoms with van der Waals surface area (Å²) in [5.74, 6) is -0.175. The topological polar surface area (TPSA) is 92.7 Å². The van der Waals surface area contributed by atoms with Crippen molar-refractivity contribution in [3.63, 3.8) is 0 Å². The lowest BCUT2D eigenvalue weighted by molar-refractivity contribution is -0.115. The van der Waals surface area contributed by atoms with Gasteiger partial charge < -0.3 is 10.3 Å². The first kappa shape index (κ1) is 20.0. The predicted octanol–water partition coefficient (Wildman–Crippen LogP) is 4.38. The first-order chi connectivity index (χ1) is 15.6. The van der Waals surface area contributed by atoms with E-state index in [2.05, 4.69) is 20.4 Å². The summed E-state index contributed by atoms with van der Waals surface area (Å²) in [6.07, 6.45) is 1.50. The fourth-order valence-corrected chi connectivity index (χ4v) is 4.29. The number of rotatable bonds is 5. The highest BCUT2D eigenvalue weighted by molar-refractivity contribution is 8.00. The second-order valence-electron chi connectivity index (χ2n) is 7.28. The number of anilines is 1. The number of hydrogen-bond donors (Lipinski definition) is 2. The molecule has 0 spiro atoms. The molecule has 7 nitrogen and oxygen atoms in total. The molecule has 3 aromatic carbocycles. The lowest BCUT2D eigenvalue weighted by atomic mass is 10.1. The minimum Gasteiger partial charge on any atom is -0.325 e. The van der Waals surface area contributed by atoms with Gasteiger partial charge in [0.25, 0.3) is 5.56 Å². The van der Waals surface area contributed by atoms with Crippen LogP contribution in [-0.4, -0.2) is 30.9 Å². The fraction of sp³-hybridized carbons (Fsp3) is 0.0833. The average molecular weight is 442 g/mol. The van der Waals surface area contributed by atoms with Crippen molar-refractivity contribution in [3.05, 3.63) is 89.3 Å². The Labute approximate surface area is 187 Å². The highest BCUT2D eigenvalue weighted by atomic mass is 32.2. The minimum absolute atomic E-state index is 0.175. The zero-order valence-corrected chi connectivity index (χ0v) is 18.0. The lowest BCUT2D eigenvalue weighted by Gasteiger charge is -2.13. The van der Waals surface area contributed by atoms with E-state index in [0.29, 0.717) is 16.2 Å². The van der Waals surface area contributed by atoms with Gasteiger partial charge in [0.05, 0.1) is 17.1 Å². The van der Waals surface area contributed by atoms with Crippen molar-refractivity contribution in [2.24, 2.45) is 0 Å². The Morgan fingerprint density at radius 3 is 2.59 bits per heavy atom. The third kappa shape index (κ3) is 3.76. The van der Waals surface area contributed by atoms with Gasteiger partial charge in [0, 0.05) is 11.1 Å². The Kier molecular flexibility index (Phi) is 5.20. The summed E-state index contributed by atoms with van der Waals surface area (Å²) in [6, 6.07) is 23.1. The monoisotopic (exact) mass is 441 g/mol. The van der Waals surface area contributed by atoms with Gasteiger partial charge in [-0.1, -0.05) is 66.4 Å². The van der Waals surface area contributed by atoms with Crippen molar-refractivity contribution in [2.75, 3.05) is 5.32 Å². The molecule has 0 aliphatic rings. The molecule has 2 N–H and O–H groups in total. The number of H-pyrrole nitrogens is 1. The molecule has 158 valence electrons. The molecule has 32 heavy (non-hydrogen) atoms. The maximum Gasteiger partial charge on any atom is 0.262 e. The fourth-order valence-electron chi connectivity index (χ4n) is 3.50. The minimum atomic E-state index is -0.484. The molecule has 1 amide bonds. The molecule has 0 aliphatic heterocycles. The van der Waals surface area contributed by atoms with E-state index in [4.69, 9.17) is 0 Å². The van der Waals surface area contributed by atoms with Crippen LogP contribution in [-0.2, 0) is 4.79 Å². The summed E-state index contributed by atoms with van der Waals surface area (Å²) in [7, 11) is 0. The molecule has 8 heteroatoms. The van der Waals surface area contributed by atoms with Crippen LogP contribution in [0.2, 0.25) is 0 Å². The standard InChI is InChI=1S/C24H19N5O2S/c1-15(22(30)26-20-13-7-9-16-8-5-6-12-18(16)20)32-24-27-21-19(23(31)28-24)14-25-29(21)17-10-3-2-4-11-17/h2-15H,1H3,(H,26,30)(H,27,28,31). The molecule has 2 aromatic heterocycles. The number of aromatic nitrogens is 4. The van der Waals surface area contributed by atoms with Gasteiger partial charge in [-0.25, -0.2) is 9.67 Å². The molecule has 5 rings (SSSR count). The van der Waals surface area contributed by atoms with Crippen LogP contribution in [0.25, 0.3) is 27.5 Å². The Hall–Kier alpha value is -3.91. The average Bonchev–Trinajstić information content (AvgIpc) is 3.24. The number of para-hydroxylation sites is 1. The Bertz CT molecular complexity index is 1490. The molecule has 1 atom stereocenters. The van der Waals surface area contributed by atoms with E-state index in [1.165, 1.54) is 18.0 Å². The van der Waals surface area contributed by atoms with Crippen molar-refractivity contribution < 1.29 is 4.79 Å². The lowest BCUT2D eigenvalue weighted by Crippen LogP contribution is -2.23. The molecule has 0 bridgehead atoms. The van der Waals surface area contributed by atoms with Crippen LogP contribution in [0, 0.1) is 0 Å². The van der Waals surface area contributed by atoms with Crippen molar-refractivity contribution >= 4 is 45.2 Å². The molecule has 1 unspecified atom stereocenters. The van der Waals surface area contributed by atoms with E-state index in [9.17, 15) is 9.59 Å². The summed E-state index contributed by atoms with van der Waals surface area (Å²) in [5.41, 5.74) is 1.71. The molecule has 0 saturated carbocycles. The second-order valence-corrected chi connectivity index (χ2v) is 8.61. The Morgan fingerprint density at radius 1 is 1.00 bits per heavy atom. The van der Waals surface area contributed by atoms with Crippen molar-refractivity contribution in [2.45, 2.75) is 17.3 Å². The number of aromatic amines is 1. The number of nitrogens with zero attached hydrogens (tertiary/aromatic N) is 3. The predicted molar refractivity (Wildman–Crippen MR) is 127 cm³/mol. The van der Waals surface area contributed by atoms with Gasteiger partial charge in [-0.15, -0.1) is 0 Å². The molecule has 2 heterocycles. The summed E-state index contributed by atoms with van der Waals surface area (Å²) in [6.45, 7) is 1.78. The molecule has 0 aliphatic carbocycles. The van der Waals surface area contributed by atoms with E-state index < -0.39 is 5.25 Å². The van der Waals surface area contributed by atoms with Crippen LogP contribution in [0.1, 0.15) is 6.92 Å². The zero-order chi connectivity index (χ0) is 22.1. The van der Waals surface area contributed by atoms with Crippen molar-refractivity contribution in [1.29, 1.82) is 0 Å². The molecule has 0 saturated heterocycles. The molecular formula is C24H19N5O2S. The van der Waals surface area contributed by atoms with Gasteiger partial charge >= 0.3 is 0 Å². The summed E-state index contributed by atoms with van der Waals surface area (Å²) < 4.78 is 1.62. The van der Waals surface area contributed by atoms with Gasteiger partial charge in [-0.05, 0) is 30.5 Å². The Balaban J connectivity index is 1.41. The molecular weight excluding hydrogens is 422 g/mol. The first-order valence-corrected chi connectivity index (χ1v) is 11.0. The normalized spacial score (nSPS) is 12.2. The van der Waals surface area contributed by atoms with Gasteiger partial charge in [0.15, 0.2) is 10.8 Å². The van der Waals surface area contributed by atoms with Crippen molar-refractivity contribution in [1.82, 2.24) is 19.7 Å². The maximum absolute atomic E-state index is 12.9. The van der Waals surface area contributed by atoms with Crippen LogP contribution in [0.3, 0.4) is 0 Å². The second kappa shape index (κ2) is 8.32. The number of fused-ring (bicyclic) bond motifs is 2. The Morgan fingerprint density at radius 2 is 1.75 bits per heavy atom. The summed E-state index contributed by atoms with van der Waals surface area (Å²) >= 11 is 1.19. The van der Waals surface area contributed by atoms with Gasteiger partial charge in [-0.3, -0.25) is 9.59 Å². The molecule has 5 aromatic rings. The van der Waals surface area contributed by atoms with Crippen LogP contribution >= 0.6 is 11.8 Å². The largest absolute Gasteiger partial charge is 0.325 e. The summed E-state index contributed by atoms with van der Waals surface area (Å²) in [5, 5.41) is 9.60. The summed E-state index contributed by atoms with van der Waals surface area (Å²) in [4.78, 5) is 32.8. The quantitative estimate of drug-likeness (QED) is 0.312. The van der Waals surface area contributed by atoms with Crippen molar-refractivity contribution in [3.8, 4) is 5.69 Å². The number of carbonyl (C=O) groups is 1. The number of amides is 1. The molecule has 0 fully saturated rings. The van der Waals surface area contributed by atoms with Gasteiger partial charge in [0.2, 0.25) is 5.91 Å². The third-order valence-electron chi connectivity index (χ3n) is 5.12. The van der Waals surface area contributed by atoms with E-state index in [1.807, 2.05) is 72.8 Å². The number of thioether (sulfide) groups is 1. The number of nitrogens with one attached hydrogen (secondary N) is 2. The van der Waals surface area contributed by atoms with E-state index >= 15 is 0 Å². The van der Waals surface area contributed by atoms with Crippen LogP contribution in [0.4, 0.5) is 5.69 Å². The highest BCUT2D eigenvalue weighted by Gasteiger charge is 2.19. The van der Waals surface area contributed by atoms with Crippen LogP contribution in [0.5, 0.6) is 0 Å². The van der Waals surface area contributed by atoms with Crippen LogP contribution in [0.15, 0.2) is 88.9 Å². The number of carbonyl (C=O) groups excluding carboxylic acids is 1. The number of hydrogen-bond acceptors (Lipinski definition) is 5. The third-order valence-corrected chi connectivity index (χ3v) is 6.11. The van der Waals surface area contributed by atoms with Gasteiger partial charge in [-0.2, -0.15) is 5.10 Å². The smallest absolute Gasteiger partial charge is 0.262 e. The van der Waals surface area contributed by atoms with Crippen LogP contribution < -0.4 is 10.9 Å². The SMILES string of the molecule is CC(Sc1nc2c(cnn2-c2ccccc2)c(=O)[nH]1)C(=O)Nc1cccc2ccccc12. The van der Waals surface area contributed by atoms with E-state index in [1.54, 1.807) is 11.6 Å². The van der Waals surface area contributed by atoms with Gasteiger partial charge in [0.1, 0.15) is 5.39 Å². The molecule has 0 radical (unpaired) electrons. The highest BCUT2D eigenvalue weighted by Crippen LogP contribution is 2.26. The maximum atomic E-state index is 12.9. The first-order valence-electron chi connectivity index (χ1n) is 10.1. The zero-order valence-electron chi connectivity index (χ0n) is 17.1. The number of benzene rings is 3. The van der Waals surface area contributed by atoms with E-state index in [-0.39, 0.29) is 11.5 Å². The van der Waals surface area contributed by atoms with E-state index in [0.717, 1.165) is 22.1 Å².